The van der Waals surface area contributed by atoms with Crippen molar-refractivity contribution in [3.05, 3.63) is 52.3 Å². The second-order valence-electron chi connectivity index (χ2n) is 4.43. The normalized spacial score (nSPS) is 10.1. The van der Waals surface area contributed by atoms with Gasteiger partial charge in [0.1, 0.15) is 5.75 Å². The average Bonchev–Trinajstić information content (AvgIpc) is 2.92. The maximum absolute atomic E-state index is 12.0. The van der Waals surface area contributed by atoms with E-state index in [-0.39, 0.29) is 22.8 Å². The molecule has 0 bridgehead atoms. The SMILES string of the molecule is COc1cc([N+](=O)[O-])ccc1NC(=O)C(=O)c1cccn1C. The van der Waals surface area contributed by atoms with Gasteiger partial charge in [-0.3, -0.25) is 19.7 Å². The van der Waals surface area contributed by atoms with E-state index >= 15 is 0 Å². The molecule has 0 fully saturated rings. The van der Waals surface area contributed by atoms with Crippen molar-refractivity contribution in [2.24, 2.45) is 7.05 Å². The molecule has 1 amide bonds. The molecule has 0 unspecified atom stereocenters. The quantitative estimate of drug-likeness (QED) is 0.392. The molecule has 0 aliphatic heterocycles. The smallest absolute Gasteiger partial charge is 0.298 e. The van der Waals surface area contributed by atoms with E-state index < -0.39 is 16.6 Å². The van der Waals surface area contributed by atoms with E-state index in [0.29, 0.717) is 0 Å². The summed E-state index contributed by atoms with van der Waals surface area (Å²) in [6.45, 7) is 0. The Kier molecular flexibility index (Phi) is 4.21. The number of nitro groups is 1. The molecule has 1 N–H and O–H groups in total. The van der Waals surface area contributed by atoms with Crippen molar-refractivity contribution in [2.75, 3.05) is 12.4 Å². The summed E-state index contributed by atoms with van der Waals surface area (Å²) in [6, 6.07) is 6.86. The Hall–Kier alpha value is -3.16. The Labute approximate surface area is 125 Å². The summed E-state index contributed by atoms with van der Waals surface area (Å²) in [7, 11) is 2.96. The molecule has 0 saturated carbocycles. The number of ketones is 1. The first-order chi connectivity index (χ1) is 10.4. The molecule has 0 aliphatic carbocycles. The van der Waals surface area contributed by atoms with Gasteiger partial charge in [0.05, 0.1) is 29.5 Å². The predicted octanol–water partition coefficient (Wildman–Crippen LogP) is 1.76. The monoisotopic (exact) mass is 303 g/mol. The summed E-state index contributed by atoms with van der Waals surface area (Å²) in [5.41, 5.74) is 0.239. The van der Waals surface area contributed by atoms with Crippen molar-refractivity contribution in [1.82, 2.24) is 4.57 Å². The van der Waals surface area contributed by atoms with Crippen LogP contribution in [0.15, 0.2) is 36.5 Å². The standard InChI is InChI=1S/C14H13N3O5/c1-16-7-3-4-11(16)13(18)14(19)15-10-6-5-9(17(20)21)8-12(10)22-2/h3-8H,1-2H3,(H,15,19). The summed E-state index contributed by atoms with van der Waals surface area (Å²) >= 11 is 0. The van der Waals surface area contributed by atoms with Gasteiger partial charge >= 0.3 is 0 Å². The number of nitrogens with zero attached hydrogens (tertiary/aromatic N) is 2. The molecule has 22 heavy (non-hydrogen) atoms. The summed E-state index contributed by atoms with van der Waals surface area (Å²) in [5, 5.41) is 13.1. The van der Waals surface area contributed by atoms with Gasteiger partial charge in [0, 0.05) is 19.3 Å². The van der Waals surface area contributed by atoms with Gasteiger partial charge in [-0.05, 0) is 18.2 Å². The Morgan fingerprint density at radius 3 is 2.59 bits per heavy atom. The highest BCUT2D eigenvalue weighted by molar-refractivity contribution is 6.46. The van der Waals surface area contributed by atoms with Crippen molar-refractivity contribution in [3.63, 3.8) is 0 Å². The number of nitrogens with one attached hydrogen (secondary N) is 1. The second kappa shape index (κ2) is 6.08. The van der Waals surface area contributed by atoms with Crippen LogP contribution in [0.1, 0.15) is 10.5 Å². The highest BCUT2D eigenvalue weighted by atomic mass is 16.6. The number of nitro benzene ring substituents is 1. The van der Waals surface area contributed by atoms with Crippen LogP contribution in [0.5, 0.6) is 5.75 Å². The molecule has 1 aromatic heterocycles. The highest BCUT2D eigenvalue weighted by Crippen LogP contribution is 2.29. The Morgan fingerprint density at radius 1 is 1.32 bits per heavy atom. The zero-order valence-corrected chi connectivity index (χ0v) is 11.9. The van der Waals surface area contributed by atoms with Gasteiger partial charge in [0.15, 0.2) is 0 Å². The van der Waals surface area contributed by atoms with Gasteiger partial charge in [-0.2, -0.15) is 0 Å². The summed E-state index contributed by atoms with van der Waals surface area (Å²) in [6.07, 6.45) is 1.65. The Bertz CT molecular complexity index is 751. The molecule has 8 heteroatoms. The number of carbonyl (C=O) groups is 2. The van der Waals surface area contributed by atoms with Crippen molar-refractivity contribution < 1.29 is 19.2 Å². The average molecular weight is 303 g/mol. The number of non-ortho nitro benzene ring substituents is 1. The Morgan fingerprint density at radius 2 is 2.05 bits per heavy atom. The number of aryl methyl sites for hydroxylation is 1. The number of benzene rings is 1. The molecule has 2 aromatic rings. The van der Waals surface area contributed by atoms with Crippen LogP contribution in [0.4, 0.5) is 11.4 Å². The topological polar surface area (TPSA) is 103 Å². The van der Waals surface area contributed by atoms with E-state index in [1.54, 1.807) is 19.3 Å². The van der Waals surface area contributed by atoms with Gasteiger partial charge in [0.25, 0.3) is 17.4 Å². The molecule has 1 heterocycles. The number of amides is 1. The first-order valence-corrected chi connectivity index (χ1v) is 6.23. The molecule has 8 nitrogen and oxygen atoms in total. The fourth-order valence-corrected chi connectivity index (χ4v) is 1.89. The minimum Gasteiger partial charge on any atom is -0.494 e. The van der Waals surface area contributed by atoms with Crippen molar-refractivity contribution in [3.8, 4) is 5.75 Å². The summed E-state index contributed by atoms with van der Waals surface area (Å²) < 4.78 is 6.52. The van der Waals surface area contributed by atoms with E-state index in [2.05, 4.69) is 5.32 Å². The van der Waals surface area contributed by atoms with Crippen molar-refractivity contribution >= 4 is 23.1 Å². The number of methoxy groups -OCH3 is 1. The maximum Gasteiger partial charge on any atom is 0.298 e. The van der Waals surface area contributed by atoms with E-state index in [4.69, 9.17) is 4.74 Å². The molecular weight excluding hydrogens is 290 g/mol. The largest absolute Gasteiger partial charge is 0.494 e. The zero-order valence-electron chi connectivity index (χ0n) is 11.9. The van der Waals surface area contributed by atoms with Gasteiger partial charge in [-0.25, -0.2) is 0 Å². The zero-order chi connectivity index (χ0) is 16.3. The molecule has 2 rings (SSSR count). The fourth-order valence-electron chi connectivity index (χ4n) is 1.89. The third-order valence-corrected chi connectivity index (χ3v) is 3.03. The molecule has 0 atom stereocenters. The molecular formula is C14H13N3O5. The van der Waals surface area contributed by atoms with Gasteiger partial charge in [-0.1, -0.05) is 0 Å². The number of Topliss-reactive ketones (excluding diaryl/α,β-unsaturated/α-hetero) is 1. The van der Waals surface area contributed by atoms with Crippen LogP contribution in [0.2, 0.25) is 0 Å². The van der Waals surface area contributed by atoms with Gasteiger partial charge in [-0.15, -0.1) is 0 Å². The minimum atomic E-state index is -0.853. The molecule has 0 radical (unpaired) electrons. The van der Waals surface area contributed by atoms with Crippen molar-refractivity contribution in [2.45, 2.75) is 0 Å². The molecule has 114 valence electrons. The third kappa shape index (κ3) is 2.95. The Balaban J connectivity index is 2.23. The lowest BCUT2D eigenvalue weighted by Gasteiger charge is -2.09. The van der Waals surface area contributed by atoms with Crippen LogP contribution >= 0.6 is 0 Å². The number of anilines is 1. The van der Waals surface area contributed by atoms with Crippen LogP contribution in [0.3, 0.4) is 0 Å². The third-order valence-electron chi connectivity index (χ3n) is 3.03. The van der Waals surface area contributed by atoms with Crippen LogP contribution in [0, 0.1) is 10.1 Å². The van der Waals surface area contributed by atoms with Crippen LogP contribution < -0.4 is 10.1 Å². The highest BCUT2D eigenvalue weighted by Gasteiger charge is 2.21. The van der Waals surface area contributed by atoms with Crippen LogP contribution in [-0.2, 0) is 11.8 Å². The number of carbonyl (C=O) groups excluding carboxylic acids is 2. The lowest BCUT2D eigenvalue weighted by molar-refractivity contribution is -0.384. The van der Waals surface area contributed by atoms with Crippen LogP contribution in [0.25, 0.3) is 0 Å². The number of hydrogen-bond acceptors (Lipinski definition) is 5. The van der Waals surface area contributed by atoms with E-state index in [1.165, 1.54) is 35.9 Å². The number of ether oxygens (including phenoxy) is 1. The first kappa shape index (κ1) is 15.2. The molecule has 0 aliphatic rings. The second-order valence-corrected chi connectivity index (χ2v) is 4.43. The lowest BCUT2D eigenvalue weighted by atomic mass is 10.2. The molecule has 1 aromatic carbocycles. The molecule has 0 spiro atoms. The first-order valence-electron chi connectivity index (χ1n) is 6.23. The van der Waals surface area contributed by atoms with Gasteiger partial charge < -0.3 is 14.6 Å². The fraction of sp³-hybridized carbons (Fsp3) is 0.143. The summed E-state index contributed by atoms with van der Waals surface area (Å²) in [4.78, 5) is 34.1. The number of hydrogen-bond donors (Lipinski definition) is 1. The van der Waals surface area contributed by atoms with Crippen LogP contribution in [-0.4, -0.2) is 28.3 Å². The number of aromatic nitrogens is 1. The summed E-state index contributed by atoms with van der Waals surface area (Å²) in [5.74, 6) is -1.47. The molecule has 0 saturated heterocycles. The van der Waals surface area contributed by atoms with E-state index in [0.717, 1.165) is 0 Å². The van der Waals surface area contributed by atoms with Gasteiger partial charge in [0.2, 0.25) is 0 Å². The van der Waals surface area contributed by atoms with E-state index in [1.807, 2.05) is 0 Å². The van der Waals surface area contributed by atoms with Crippen molar-refractivity contribution in [1.29, 1.82) is 0 Å². The lowest BCUT2D eigenvalue weighted by Crippen LogP contribution is -2.24. The number of rotatable bonds is 5. The maximum atomic E-state index is 12.0. The predicted molar refractivity (Wildman–Crippen MR) is 78.0 cm³/mol. The van der Waals surface area contributed by atoms with E-state index in [9.17, 15) is 19.7 Å². The minimum absolute atomic E-state index is 0.0993.